The van der Waals surface area contributed by atoms with E-state index in [-0.39, 0.29) is 16.5 Å². The molecule has 0 saturated heterocycles. The Kier molecular flexibility index (Phi) is 8.56. The highest BCUT2D eigenvalue weighted by atomic mass is 32.2. The number of aryl methyl sites for hydroxylation is 1. The highest BCUT2D eigenvalue weighted by molar-refractivity contribution is 7.92. The molecular weight excluding hydrogens is 521 g/mol. The molecule has 0 atom stereocenters. The fourth-order valence-corrected chi connectivity index (χ4v) is 4.78. The Morgan fingerprint density at radius 2 is 1.58 bits per heavy atom. The van der Waals surface area contributed by atoms with Gasteiger partial charge in [0, 0.05) is 12.6 Å². The molecule has 8 nitrogen and oxygen atoms in total. The van der Waals surface area contributed by atoms with Gasteiger partial charge in [-0.2, -0.15) is 18.3 Å². The van der Waals surface area contributed by atoms with Gasteiger partial charge in [0.25, 0.3) is 15.9 Å². The van der Waals surface area contributed by atoms with Crippen LogP contribution in [0.15, 0.2) is 82.8 Å². The van der Waals surface area contributed by atoms with Crippen LogP contribution in [-0.2, 0) is 25.8 Å². The summed E-state index contributed by atoms with van der Waals surface area (Å²) in [6.45, 7) is 3.90. The smallest absolute Gasteiger partial charge is 0.326 e. The SMILES string of the molecule is CC(=O)Nc1ccc(/C(C)=N/NC(=O)CN(c2cccc(C(F)(F)F)c2)S(=O)(=O)c2ccc(C)cc2)cc1. The minimum absolute atomic E-state index is 0.188. The normalized spacial score (nSPS) is 12.1. The quantitative estimate of drug-likeness (QED) is 0.315. The van der Waals surface area contributed by atoms with Crippen molar-refractivity contribution in [2.45, 2.75) is 31.8 Å². The summed E-state index contributed by atoms with van der Waals surface area (Å²) in [5.41, 5.74) is 3.20. The summed E-state index contributed by atoms with van der Waals surface area (Å²) >= 11 is 0. The van der Waals surface area contributed by atoms with E-state index in [1.165, 1.54) is 25.1 Å². The highest BCUT2D eigenvalue weighted by Crippen LogP contribution is 2.33. The Morgan fingerprint density at radius 3 is 2.16 bits per heavy atom. The second-order valence-corrected chi connectivity index (χ2v) is 10.2. The summed E-state index contributed by atoms with van der Waals surface area (Å²) in [4.78, 5) is 23.7. The lowest BCUT2D eigenvalue weighted by atomic mass is 10.1. The third-order valence-corrected chi connectivity index (χ3v) is 7.12. The average Bonchev–Trinajstić information content (AvgIpc) is 2.85. The fourth-order valence-electron chi connectivity index (χ4n) is 3.36. The van der Waals surface area contributed by atoms with Crippen LogP contribution in [0.2, 0.25) is 0 Å². The average molecular weight is 547 g/mol. The molecule has 2 N–H and O–H groups in total. The number of benzene rings is 3. The van der Waals surface area contributed by atoms with E-state index in [9.17, 15) is 31.2 Å². The minimum Gasteiger partial charge on any atom is -0.326 e. The van der Waals surface area contributed by atoms with E-state index in [4.69, 9.17) is 0 Å². The number of hydrazone groups is 1. The second-order valence-electron chi connectivity index (χ2n) is 8.36. The zero-order valence-electron chi connectivity index (χ0n) is 20.7. The van der Waals surface area contributed by atoms with E-state index in [1.807, 2.05) is 0 Å². The predicted octanol–water partition coefficient (Wildman–Crippen LogP) is 4.71. The molecule has 200 valence electrons. The summed E-state index contributed by atoms with van der Waals surface area (Å²) in [6, 6.07) is 16.0. The number of amides is 2. The van der Waals surface area contributed by atoms with Gasteiger partial charge in [0.05, 0.1) is 21.9 Å². The molecule has 0 aromatic heterocycles. The minimum atomic E-state index is -4.71. The lowest BCUT2D eigenvalue weighted by Gasteiger charge is -2.24. The van der Waals surface area contributed by atoms with Crippen molar-refractivity contribution in [3.05, 3.63) is 89.5 Å². The number of nitrogens with one attached hydrogen (secondary N) is 2. The first-order valence-corrected chi connectivity index (χ1v) is 12.7. The van der Waals surface area contributed by atoms with Crippen LogP contribution in [0.3, 0.4) is 0 Å². The molecule has 3 aromatic rings. The summed E-state index contributed by atoms with van der Waals surface area (Å²) in [7, 11) is -4.41. The van der Waals surface area contributed by atoms with Crippen molar-refractivity contribution in [3.63, 3.8) is 0 Å². The van der Waals surface area contributed by atoms with E-state index >= 15 is 0 Å². The maximum Gasteiger partial charge on any atom is 0.416 e. The van der Waals surface area contributed by atoms with Crippen molar-refractivity contribution < 1.29 is 31.2 Å². The van der Waals surface area contributed by atoms with Gasteiger partial charge in [-0.3, -0.25) is 13.9 Å². The van der Waals surface area contributed by atoms with Gasteiger partial charge >= 0.3 is 6.18 Å². The van der Waals surface area contributed by atoms with E-state index < -0.39 is 34.2 Å². The first-order chi connectivity index (χ1) is 17.8. The Morgan fingerprint density at radius 1 is 0.947 bits per heavy atom. The first kappa shape index (κ1) is 28.4. The van der Waals surface area contributed by atoms with Crippen molar-refractivity contribution in [1.82, 2.24) is 5.43 Å². The van der Waals surface area contributed by atoms with Gasteiger partial charge in [-0.15, -0.1) is 0 Å². The third kappa shape index (κ3) is 7.19. The summed E-state index contributed by atoms with van der Waals surface area (Å²) in [5, 5.41) is 6.60. The van der Waals surface area contributed by atoms with E-state index in [0.717, 1.165) is 17.7 Å². The Hall–Kier alpha value is -4.19. The van der Waals surface area contributed by atoms with Crippen molar-refractivity contribution >= 4 is 38.9 Å². The van der Waals surface area contributed by atoms with E-state index in [1.54, 1.807) is 50.2 Å². The van der Waals surface area contributed by atoms with Crippen LogP contribution in [-0.4, -0.2) is 32.5 Å². The van der Waals surface area contributed by atoms with Crippen molar-refractivity contribution in [3.8, 4) is 0 Å². The molecule has 12 heteroatoms. The Balaban J connectivity index is 1.88. The van der Waals surface area contributed by atoms with Crippen LogP contribution >= 0.6 is 0 Å². The molecule has 0 aliphatic carbocycles. The number of sulfonamides is 1. The Labute approximate surface area is 218 Å². The second kappa shape index (κ2) is 11.5. The lowest BCUT2D eigenvalue weighted by Crippen LogP contribution is -2.40. The lowest BCUT2D eigenvalue weighted by molar-refractivity contribution is -0.137. The Bertz CT molecular complexity index is 1450. The zero-order chi connectivity index (χ0) is 28.1. The number of nitrogens with zero attached hydrogens (tertiary/aromatic N) is 2. The highest BCUT2D eigenvalue weighted by Gasteiger charge is 2.33. The summed E-state index contributed by atoms with van der Waals surface area (Å²) in [5.74, 6) is -1.10. The van der Waals surface area contributed by atoms with Crippen LogP contribution in [0.1, 0.15) is 30.5 Å². The molecule has 0 fully saturated rings. The molecule has 0 aliphatic heterocycles. The van der Waals surface area contributed by atoms with Gasteiger partial charge in [-0.25, -0.2) is 13.8 Å². The maximum absolute atomic E-state index is 13.4. The molecule has 2 amide bonds. The number of rotatable bonds is 8. The van der Waals surface area contributed by atoms with Gasteiger partial charge in [0.2, 0.25) is 5.91 Å². The van der Waals surface area contributed by atoms with Crippen LogP contribution in [0.5, 0.6) is 0 Å². The van der Waals surface area contributed by atoms with Crippen LogP contribution in [0, 0.1) is 6.92 Å². The molecule has 0 radical (unpaired) electrons. The summed E-state index contributed by atoms with van der Waals surface area (Å²) < 4.78 is 67.4. The van der Waals surface area contributed by atoms with Gasteiger partial charge in [-0.1, -0.05) is 35.9 Å². The van der Waals surface area contributed by atoms with Crippen LogP contribution < -0.4 is 15.0 Å². The van der Waals surface area contributed by atoms with Gasteiger partial charge in [-0.05, 0) is 61.9 Å². The number of carbonyl (C=O) groups excluding carboxylic acids is 2. The van der Waals surface area contributed by atoms with Gasteiger partial charge in [0.15, 0.2) is 0 Å². The predicted molar refractivity (Wildman–Crippen MR) is 138 cm³/mol. The summed E-state index contributed by atoms with van der Waals surface area (Å²) in [6.07, 6.45) is -4.71. The standard InChI is InChI=1S/C26H25F3N4O4S/c1-17-7-13-24(14-8-17)38(36,37)33(23-6-4-5-21(15-23)26(27,28)29)16-25(35)32-31-18(2)20-9-11-22(12-10-20)30-19(3)34/h4-15H,16H2,1-3H3,(H,30,34)(H,32,35)/b31-18+. The zero-order valence-corrected chi connectivity index (χ0v) is 21.5. The van der Waals surface area contributed by atoms with Crippen LogP contribution in [0.4, 0.5) is 24.5 Å². The molecule has 0 saturated carbocycles. The monoisotopic (exact) mass is 546 g/mol. The number of carbonyl (C=O) groups is 2. The number of hydrogen-bond acceptors (Lipinski definition) is 5. The van der Waals surface area contributed by atoms with Gasteiger partial charge < -0.3 is 5.32 Å². The number of hydrogen-bond donors (Lipinski definition) is 2. The first-order valence-electron chi connectivity index (χ1n) is 11.2. The molecule has 0 unspecified atom stereocenters. The number of halogens is 3. The molecular formula is C26H25F3N4O4S. The van der Waals surface area contributed by atoms with Crippen molar-refractivity contribution in [1.29, 1.82) is 0 Å². The number of anilines is 2. The molecule has 3 rings (SSSR count). The van der Waals surface area contributed by atoms with Gasteiger partial charge in [0.1, 0.15) is 6.54 Å². The van der Waals surface area contributed by atoms with Crippen molar-refractivity contribution in [2.75, 3.05) is 16.2 Å². The molecule has 0 spiro atoms. The maximum atomic E-state index is 13.4. The molecule has 0 aliphatic rings. The van der Waals surface area contributed by atoms with E-state index in [2.05, 4.69) is 15.8 Å². The number of alkyl halides is 3. The topological polar surface area (TPSA) is 108 Å². The van der Waals surface area contributed by atoms with Crippen molar-refractivity contribution in [2.24, 2.45) is 5.10 Å². The fraction of sp³-hybridized carbons (Fsp3) is 0.192. The molecule has 3 aromatic carbocycles. The molecule has 38 heavy (non-hydrogen) atoms. The molecule has 0 bridgehead atoms. The largest absolute Gasteiger partial charge is 0.416 e. The van der Waals surface area contributed by atoms with E-state index in [0.29, 0.717) is 27.3 Å². The van der Waals surface area contributed by atoms with Crippen LogP contribution in [0.25, 0.3) is 0 Å². The molecule has 0 heterocycles. The third-order valence-electron chi connectivity index (χ3n) is 5.33.